The fourth-order valence-corrected chi connectivity index (χ4v) is 4.04. The van der Waals surface area contributed by atoms with Crippen LogP contribution in [0, 0.1) is 0 Å². The first-order valence-corrected chi connectivity index (χ1v) is 6.38. The van der Waals surface area contributed by atoms with Crippen LogP contribution in [-0.4, -0.2) is 63.7 Å². The summed E-state index contributed by atoms with van der Waals surface area (Å²) in [7, 11) is 0. The molecule has 3 rings (SSSR count). The van der Waals surface area contributed by atoms with Crippen molar-refractivity contribution < 1.29 is 74.6 Å². The van der Waals surface area contributed by atoms with Crippen LogP contribution in [0.5, 0.6) is 0 Å². The smallest absolute Gasteiger partial charge is 0.227 e. The molecule has 3 fully saturated rings. The first-order chi connectivity index (χ1) is 11.9. The van der Waals surface area contributed by atoms with Crippen LogP contribution < -0.4 is 0 Å². The van der Waals surface area contributed by atoms with Gasteiger partial charge in [-0.2, -0.15) is 57.1 Å². The maximum Gasteiger partial charge on any atom is 0.469 e. The van der Waals surface area contributed by atoms with Gasteiger partial charge >= 0.3 is 36.2 Å². The van der Waals surface area contributed by atoms with Crippen LogP contribution in [0.3, 0.4) is 0 Å². The van der Waals surface area contributed by atoms with Gasteiger partial charge in [0.05, 0.1) is 0 Å². The third-order valence-electron chi connectivity index (χ3n) is 5.19. The van der Waals surface area contributed by atoms with E-state index >= 15 is 0 Å². The van der Waals surface area contributed by atoms with Gasteiger partial charge in [0, 0.05) is 0 Å². The minimum atomic E-state index is -7.87. The Morgan fingerprint density at radius 1 is 0.393 bits per heavy atom. The summed E-state index contributed by atoms with van der Waals surface area (Å²) in [6.07, 6.45) is -7.43. The molecule has 4 unspecified atom stereocenters. The van der Waals surface area contributed by atoms with Gasteiger partial charge in [-0.3, -0.25) is 0 Å². The Labute approximate surface area is 140 Å². The van der Waals surface area contributed by atoms with E-state index in [0.717, 1.165) is 0 Å². The molecule has 0 amide bonds. The second-order valence-electron chi connectivity index (χ2n) is 6.24. The number of rotatable bonds is 0. The number of nitrogens with zero attached hydrogens (tertiary/aromatic N) is 1. The fourth-order valence-electron chi connectivity index (χ4n) is 4.04. The summed E-state index contributed by atoms with van der Waals surface area (Å²) >= 11 is 0. The van der Waals surface area contributed by atoms with Crippen LogP contribution in [0.4, 0.5) is 74.6 Å². The Bertz CT molecular complexity index is 702. The first kappa shape index (κ1) is 21.5. The van der Waals surface area contributed by atoms with Gasteiger partial charge in [-0.25, -0.2) is 17.6 Å². The van der Waals surface area contributed by atoms with E-state index in [-0.39, 0.29) is 0 Å². The largest absolute Gasteiger partial charge is 0.469 e. The van der Waals surface area contributed by atoms with Gasteiger partial charge in [0.1, 0.15) is 0 Å². The van der Waals surface area contributed by atoms with Crippen molar-refractivity contribution in [1.29, 1.82) is 0 Å². The number of halogens is 17. The molecule has 2 saturated carbocycles. The summed E-state index contributed by atoms with van der Waals surface area (Å²) < 4.78 is 232. The van der Waals surface area contributed by atoms with Gasteiger partial charge < -0.3 is 0 Å². The maximum atomic E-state index is 14.5. The lowest BCUT2D eigenvalue weighted by Gasteiger charge is -2.47. The summed E-state index contributed by atoms with van der Waals surface area (Å²) in [5, 5.41) is 0. The lowest BCUT2D eigenvalue weighted by Crippen LogP contribution is -2.80. The van der Waals surface area contributed by atoms with Crippen LogP contribution in [0.2, 0.25) is 0 Å². The Morgan fingerprint density at radius 2 is 0.643 bits per heavy atom. The molecule has 164 valence electrons. The van der Waals surface area contributed by atoms with Crippen LogP contribution in [0.15, 0.2) is 0 Å². The highest BCUT2D eigenvalue weighted by Gasteiger charge is 3.24. The lowest BCUT2D eigenvalue weighted by atomic mass is 9.68. The van der Waals surface area contributed by atoms with E-state index < -0.39 is 63.7 Å². The fraction of sp³-hybridized carbons (Fsp3) is 1.00. The van der Waals surface area contributed by atoms with E-state index in [9.17, 15) is 74.6 Å². The van der Waals surface area contributed by atoms with E-state index in [4.69, 9.17) is 0 Å². The highest BCUT2D eigenvalue weighted by molar-refractivity contribution is 5.55. The predicted molar refractivity (Wildman–Crippen MR) is 48.0 cm³/mol. The van der Waals surface area contributed by atoms with Crippen molar-refractivity contribution in [2.75, 3.05) is 0 Å². The molecule has 28 heavy (non-hydrogen) atoms. The van der Waals surface area contributed by atoms with E-state index in [0.29, 0.717) is 0 Å². The molecule has 0 aromatic rings. The van der Waals surface area contributed by atoms with E-state index in [1.807, 2.05) is 0 Å². The Morgan fingerprint density at radius 3 is 0.857 bits per heavy atom. The van der Waals surface area contributed by atoms with Crippen molar-refractivity contribution in [3.63, 3.8) is 0 Å². The van der Waals surface area contributed by atoms with Gasteiger partial charge in [0.2, 0.25) is 0 Å². The van der Waals surface area contributed by atoms with E-state index in [2.05, 4.69) is 0 Å². The van der Waals surface area contributed by atoms with Crippen molar-refractivity contribution >= 4 is 0 Å². The normalized spacial score (nSPS) is 50.0. The van der Waals surface area contributed by atoms with Crippen LogP contribution in [0.1, 0.15) is 0 Å². The Hall–Kier alpha value is -1.23. The standard InChI is InChI=1S/C10F17N/c11-1-2(12,9(23,24)28(8(1,21)22)10(25,26)27)4(14)5(15,16)3(1,13)6(17,18)7(4,19)20. The molecule has 1 aliphatic heterocycles. The highest BCUT2D eigenvalue weighted by Crippen LogP contribution is 2.89. The average Bonchev–Trinajstić information content (AvgIpc) is 2.64. The number of fused-ring (bicyclic) bond motifs is 5. The molecule has 18 heteroatoms. The number of hydrogen-bond donors (Lipinski definition) is 0. The third kappa shape index (κ3) is 1.23. The third-order valence-corrected chi connectivity index (χ3v) is 5.19. The molecule has 2 bridgehead atoms. The summed E-state index contributed by atoms with van der Waals surface area (Å²) in [6.45, 7) is 0. The second kappa shape index (κ2) is 4.14. The molecule has 4 atom stereocenters. The number of alkyl halides is 17. The van der Waals surface area contributed by atoms with Gasteiger partial charge in [-0.15, -0.1) is 0 Å². The molecular formula is C10F17N. The summed E-state index contributed by atoms with van der Waals surface area (Å²) in [6, 6.07) is -15.5. The summed E-state index contributed by atoms with van der Waals surface area (Å²) in [5.41, 5.74) is -31.4. The van der Waals surface area contributed by atoms with Crippen LogP contribution in [0.25, 0.3) is 0 Å². The SMILES string of the molecule is FC(F)(F)N1C(F)(F)C2(F)C3(F)C(F)(F)C(F)(F)C(F)(C3(F)F)C2(F)C1(F)F. The molecule has 1 heterocycles. The van der Waals surface area contributed by atoms with Crippen molar-refractivity contribution in [2.24, 2.45) is 0 Å². The maximum absolute atomic E-state index is 14.5. The van der Waals surface area contributed by atoms with Gasteiger partial charge in [-0.1, -0.05) is 4.90 Å². The van der Waals surface area contributed by atoms with E-state index in [1.165, 1.54) is 0 Å². The van der Waals surface area contributed by atoms with Gasteiger partial charge in [-0.05, 0) is 0 Å². The Balaban J connectivity index is 2.61. The minimum absolute atomic E-state index is 3.98. The molecular weight excluding hydrogens is 457 g/mol. The second-order valence-corrected chi connectivity index (χ2v) is 6.24. The Kier molecular flexibility index (Phi) is 3.18. The lowest BCUT2D eigenvalue weighted by molar-refractivity contribution is -0.410. The molecule has 0 aromatic heterocycles. The molecule has 2 aliphatic carbocycles. The quantitative estimate of drug-likeness (QED) is 0.374. The summed E-state index contributed by atoms with van der Waals surface area (Å²) in [5.74, 6) is -23.1. The van der Waals surface area contributed by atoms with Gasteiger partial charge in [0.25, 0.3) is 22.7 Å². The van der Waals surface area contributed by atoms with Crippen molar-refractivity contribution in [2.45, 2.75) is 58.8 Å². The minimum Gasteiger partial charge on any atom is -0.227 e. The van der Waals surface area contributed by atoms with Crippen LogP contribution in [-0.2, 0) is 0 Å². The molecule has 0 radical (unpaired) electrons. The van der Waals surface area contributed by atoms with Gasteiger partial charge in [0.15, 0.2) is 0 Å². The highest BCUT2D eigenvalue weighted by atomic mass is 19.4. The molecule has 3 aliphatic rings. The van der Waals surface area contributed by atoms with Crippen molar-refractivity contribution in [3.05, 3.63) is 0 Å². The molecule has 0 N–H and O–H groups in total. The number of likely N-dealkylation sites (tertiary alicyclic amines) is 1. The zero-order chi connectivity index (χ0) is 22.6. The zero-order valence-electron chi connectivity index (χ0n) is 11.9. The average molecular weight is 457 g/mol. The summed E-state index contributed by atoms with van der Waals surface area (Å²) in [4.78, 5) is -3.98. The van der Waals surface area contributed by atoms with Crippen molar-refractivity contribution in [1.82, 2.24) is 4.90 Å². The topological polar surface area (TPSA) is 3.24 Å². The van der Waals surface area contributed by atoms with Crippen LogP contribution >= 0.6 is 0 Å². The molecule has 0 spiro atoms. The number of hydrogen-bond acceptors (Lipinski definition) is 1. The van der Waals surface area contributed by atoms with E-state index in [1.54, 1.807) is 0 Å². The molecule has 1 saturated heterocycles. The first-order valence-electron chi connectivity index (χ1n) is 6.38. The molecule has 0 aromatic carbocycles. The predicted octanol–water partition coefficient (Wildman–Crippen LogP) is 4.77. The molecule has 1 nitrogen and oxygen atoms in total. The monoisotopic (exact) mass is 457 g/mol. The van der Waals surface area contributed by atoms with Crippen molar-refractivity contribution in [3.8, 4) is 0 Å². The zero-order valence-corrected chi connectivity index (χ0v) is 11.9.